The van der Waals surface area contributed by atoms with Crippen LogP contribution < -0.4 is 0 Å². The van der Waals surface area contributed by atoms with Gasteiger partial charge in [-0.1, -0.05) is 54.1 Å². The number of benzene rings is 2. The minimum atomic E-state index is -0.796. The van der Waals surface area contributed by atoms with Gasteiger partial charge in [0.2, 0.25) is 0 Å². The van der Waals surface area contributed by atoms with Gasteiger partial charge in [0, 0.05) is 19.2 Å². The highest BCUT2D eigenvalue weighted by atomic mass is 16.5. The molecule has 1 aliphatic rings. The van der Waals surface area contributed by atoms with Gasteiger partial charge in [0.05, 0.1) is 0 Å². The lowest BCUT2D eigenvalue weighted by Gasteiger charge is -2.30. The first-order valence-electron chi connectivity index (χ1n) is 8.84. The van der Waals surface area contributed by atoms with E-state index in [1.165, 1.54) is 11.6 Å². The molecule has 2 aromatic rings. The Hall–Kier alpha value is -2.88. The van der Waals surface area contributed by atoms with Gasteiger partial charge >= 0.3 is 5.97 Å². The summed E-state index contributed by atoms with van der Waals surface area (Å²) < 4.78 is 5.29. The van der Waals surface area contributed by atoms with Crippen LogP contribution in [0.5, 0.6) is 0 Å². The minimum absolute atomic E-state index is 0.156. The smallest absolute Gasteiger partial charge is 0.331 e. The van der Waals surface area contributed by atoms with E-state index >= 15 is 0 Å². The first-order valence-corrected chi connectivity index (χ1v) is 8.84. The van der Waals surface area contributed by atoms with E-state index in [9.17, 15) is 9.59 Å². The molecule has 0 N–H and O–H groups in total. The number of esters is 1. The number of hydrogen-bond donors (Lipinski definition) is 0. The fourth-order valence-corrected chi connectivity index (χ4v) is 3.14. The maximum Gasteiger partial charge on any atom is 0.331 e. The number of fused-ring (bicyclic) bond motifs is 1. The molecule has 1 aliphatic heterocycles. The van der Waals surface area contributed by atoms with Crippen LogP contribution in [0.15, 0.2) is 54.6 Å². The van der Waals surface area contributed by atoms with Crippen LogP contribution in [0.1, 0.15) is 29.2 Å². The van der Waals surface area contributed by atoms with E-state index in [0.717, 1.165) is 23.1 Å². The van der Waals surface area contributed by atoms with Gasteiger partial charge in [0.1, 0.15) is 0 Å². The molecule has 0 saturated carbocycles. The first-order chi connectivity index (χ1) is 12.5. The fraction of sp³-hybridized carbons (Fsp3) is 0.273. The van der Waals surface area contributed by atoms with Crippen LogP contribution in [0, 0.1) is 6.92 Å². The van der Waals surface area contributed by atoms with E-state index in [1.807, 2.05) is 49.4 Å². The fourth-order valence-electron chi connectivity index (χ4n) is 3.14. The van der Waals surface area contributed by atoms with Gasteiger partial charge in [0.15, 0.2) is 6.10 Å². The number of carbonyl (C=O) groups excluding carboxylic acids is 2. The van der Waals surface area contributed by atoms with Crippen LogP contribution in [0.25, 0.3) is 6.08 Å². The Morgan fingerprint density at radius 3 is 2.65 bits per heavy atom. The molecule has 1 heterocycles. The second-order valence-corrected chi connectivity index (χ2v) is 6.61. The van der Waals surface area contributed by atoms with E-state index in [1.54, 1.807) is 17.9 Å². The largest absolute Gasteiger partial charge is 0.449 e. The van der Waals surface area contributed by atoms with Crippen molar-refractivity contribution in [1.29, 1.82) is 0 Å². The molecule has 1 atom stereocenters. The highest BCUT2D eigenvalue weighted by Gasteiger charge is 2.26. The summed E-state index contributed by atoms with van der Waals surface area (Å²) >= 11 is 0. The highest BCUT2D eigenvalue weighted by molar-refractivity contribution is 5.90. The quantitative estimate of drug-likeness (QED) is 0.627. The summed E-state index contributed by atoms with van der Waals surface area (Å²) in [7, 11) is 0. The summed E-state index contributed by atoms with van der Waals surface area (Å²) in [4.78, 5) is 26.4. The Morgan fingerprint density at radius 2 is 1.88 bits per heavy atom. The summed E-state index contributed by atoms with van der Waals surface area (Å²) in [6.07, 6.45) is 3.10. The number of carbonyl (C=O) groups is 2. The number of rotatable bonds is 4. The summed E-state index contributed by atoms with van der Waals surface area (Å²) in [6, 6.07) is 15.9. The van der Waals surface area contributed by atoms with Crippen LogP contribution in [0.4, 0.5) is 0 Å². The van der Waals surface area contributed by atoms with E-state index < -0.39 is 12.1 Å². The van der Waals surface area contributed by atoms with Crippen molar-refractivity contribution in [3.8, 4) is 0 Å². The normalized spacial score (nSPS) is 14.8. The number of amides is 1. The molecule has 0 aromatic heterocycles. The monoisotopic (exact) mass is 349 g/mol. The van der Waals surface area contributed by atoms with Gasteiger partial charge in [-0.2, -0.15) is 0 Å². The first kappa shape index (κ1) is 17.9. The zero-order valence-corrected chi connectivity index (χ0v) is 15.1. The second-order valence-electron chi connectivity index (χ2n) is 6.61. The zero-order valence-electron chi connectivity index (χ0n) is 15.1. The van der Waals surface area contributed by atoms with E-state index in [0.29, 0.717) is 13.1 Å². The summed E-state index contributed by atoms with van der Waals surface area (Å²) in [5, 5.41) is 0. The van der Waals surface area contributed by atoms with Gasteiger partial charge in [-0.3, -0.25) is 4.79 Å². The third-order valence-electron chi connectivity index (χ3n) is 4.54. The van der Waals surface area contributed by atoms with E-state index in [4.69, 9.17) is 4.74 Å². The molecular formula is C22H23NO3. The SMILES string of the molecule is Cc1cccc(/C=C/C(=O)O[C@@H](C)C(=O)N2CCc3ccccc3C2)c1. The van der Waals surface area contributed by atoms with Crippen LogP contribution in [0.3, 0.4) is 0 Å². The summed E-state index contributed by atoms with van der Waals surface area (Å²) in [5.41, 5.74) is 4.48. The number of hydrogen-bond acceptors (Lipinski definition) is 3. The predicted octanol–water partition coefficient (Wildman–Crippen LogP) is 3.52. The molecule has 0 aliphatic carbocycles. The molecule has 0 unspecified atom stereocenters. The van der Waals surface area contributed by atoms with Gasteiger partial charge in [0.25, 0.3) is 5.91 Å². The average Bonchev–Trinajstić information content (AvgIpc) is 2.65. The number of nitrogens with zero attached hydrogens (tertiary/aromatic N) is 1. The molecule has 0 saturated heterocycles. The molecule has 0 radical (unpaired) electrons. The van der Waals surface area contributed by atoms with Crippen molar-refractivity contribution in [3.63, 3.8) is 0 Å². The molecule has 2 aromatic carbocycles. The summed E-state index contributed by atoms with van der Waals surface area (Å²) in [6.45, 7) is 4.83. The molecule has 4 nitrogen and oxygen atoms in total. The minimum Gasteiger partial charge on any atom is -0.449 e. The number of ether oxygens (including phenoxy) is 1. The van der Waals surface area contributed by atoms with Gasteiger partial charge in [-0.05, 0) is 43.0 Å². The molecule has 1 amide bonds. The lowest BCUT2D eigenvalue weighted by molar-refractivity contribution is -0.155. The average molecular weight is 349 g/mol. The Balaban J connectivity index is 1.56. The number of aryl methyl sites for hydroxylation is 1. The van der Waals surface area contributed by atoms with Crippen molar-refractivity contribution in [1.82, 2.24) is 4.90 Å². The highest BCUT2D eigenvalue weighted by Crippen LogP contribution is 2.19. The summed E-state index contributed by atoms with van der Waals surface area (Å²) in [5.74, 6) is -0.665. The predicted molar refractivity (Wildman–Crippen MR) is 101 cm³/mol. The lowest BCUT2D eigenvalue weighted by Crippen LogP contribution is -2.42. The molecule has 134 valence electrons. The van der Waals surface area contributed by atoms with Crippen LogP contribution >= 0.6 is 0 Å². The standard InChI is InChI=1S/C22H23NO3/c1-16-6-5-7-18(14-16)10-11-21(24)26-17(2)22(25)23-13-12-19-8-3-4-9-20(19)15-23/h3-11,14,17H,12-13,15H2,1-2H3/b11-10+/t17-/m0/s1. The second kappa shape index (κ2) is 8.00. The Kier molecular flexibility index (Phi) is 5.52. The van der Waals surface area contributed by atoms with E-state index in [-0.39, 0.29) is 5.91 Å². The molecule has 3 rings (SSSR count). The van der Waals surface area contributed by atoms with Gasteiger partial charge < -0.3 is 9.64 Å². The maximum atomic E-state index is 12.6. The Labute approximate surface area is 154 Å². The molecule has 0 fully saturated rings. The van der Waals surface area contributed by atoms with E-state index in [2.05, 4.69) is 6.07 Å². The van der Waals surface area contributed by atoms with Crippen LogP contribution in [0.2, 0.25) is 0 Å². The van der Waals surface area contributed by atoms with Crippen molar-refractivity contribution in [2.75, 3.05) is 6.54 Å². The van der Waals surface area contributed by atoms with Gasteiger partial charge in [-0.25, -0.2) is 4.79 Å². The Morgan fingerprint density at radius 1 is 1.12 bits per heavy atom. The molecule has 0 spiro atoms. The molecule has 0 bridgehead atoms. The molecule has 26 heavy (non-hydrogen) atoms. The van der Waals surface area contributed by atoms with Crippen molar-refractivity contribution in [2.45, 2.75) is 32.9 Å². The topological polar surface area (TPSA) is 46.6 Å². The van der Waals surface area contributed by atoms with Crippen LogP contribution in [-0.4, -0.2) is 29.4 Å². The van der Waals surface area contributed by atoms with Crippen molar-refractivity contribution in [3.05, 3.63) is 76.9 Å². The van der Waals surface area contributed by atoms with Crippen LogP contribution in [-0.2, 0) is 27.3 Å². The van der Waals surface area contributed by atoms with Crippen molar-refractivity contribution in [2.24, 2.45) is 0 Å². The Bertz CT molecular complexity index is 841. The maximum absolute atomic E-state index is 12.6. The molecule has 4 heteroatoms. The van der Waals surface area contributed by atoms with Crippen molar-refractivity contribution >= 4 is 18.0 Å². The van der Waals surface area contributed by atoms with Crippen molar-refractivity contribution < 1.29 is 14.3 Å². The lowest BCUT2D eigenvalue weighted by atomic mass is 9.99. The third kappa shape index (κ3) is 4.39. The molecular weight excluding hydrogens is 326 g/mol. The zero-order chi connectivity index (χ0) is 18.5. The van der Waals surface area contributed by atoms with Gasteiger partial charge in [-0.15, -0.1) is 0 Å². The third-order valence-corrected chi connectivity index (χ3v) is 4.54.